The van der Waals surface area contributed by atoms with Crippen LogP contribution in [-0.2, 0) is 0 Å². The summed E-state index contributed by atoms with van der Waals surface area (Å²) in [6, 6.07) is 0.778. The molecule has 0 spiro atoms. The Morgan fingerprint density at radius 2 is 1.92 bits per heavy atom. The van der Waals surface area contributed by atoms with E-state index in [1.54, 1.807) is 0 Å². The zero-order valence-corrected chi connectivity index (χ0v) is 9.22. The molecular weight excluding hydrogens is 146 g/mol. The van der Waals surface area contributed by atoms with Gasteiger partial charge in [-0.3, -0.25) is 4.90 Å². The normalized spacial score (nSPS) is 32.8. The minimum Gasteiger partial charge on any atom is -0.295 e. The van der Waals surface area contributed by atoms with Crippen LogP contribution in [0.2, 0.25) is 0 Å². The first-order valence-electron chi connectivity index (χ1n) is 5.25. The molecule has 1 saturated heterocycles. The van der Waals surface area contributed by atoms with E-state index in [0.29, 0.717) is 5.54 Å². The number of rotatable bonds is 2. The molecule has 1 heteroatoms. The maximum Gasteiger partial charge on any atom is 0.0153 e. The van der Waals surface area contributed by atoms with Crippen molar-refractivity contribution in [3.63, 3.8) is 0 Å². The highest BCUT2D eigenvalue weighted by atomic mass is 15.2. The van der Waals surface area contributed by atoms with E-state index in [1.807, 2.05) is 0 Å². The highest BCUT2D eigenvalue weighted by Crippen LogP contribution is 2.31. The van der Waals surface area contributed by atoms with E-state index < -0.39 is 0 Å². The second-order valence-corrected chi connectivity index (χ2v) is 4.87. The third-order valence-electron chi connectivity index (χ3n) is 3.78. The third-order valence-corrected chi connectivity index (χ3v) is 3.78. The first-order chi connectivity index (χ1) is 5.49. The first-order valence-corrected chi connectivity index (χ1v) is 5.25. The van der Waals surface area contributed by atoms with Gasteiger partial charge in [0.25, 0.3) is 0 Å². The molecule has 0 aromatic heterocycles. The summed E-state index contributed by atoms with van der Waals surface area (Å²) in [6.07, 6.45) is 2.63. The lowest BCUT2D eigenvalue weighted by atomic mass is 9.97. The molecule has 1 aliphatic heterocycles. The summed E-state index contributed by atoms with van der Waals surface area (Å²) in [4.78, 5) is 2.66. The molecule has 12 heavy (non-hydrogen) atoms. The molecule has 1 nitrogen and oxygen atoms in total. The summed E-state index contributed by atoms with van der Waals surface area (Å²) in [5.41, 5.74) is 0.407. The fourth-order valence-electron chi connectivity index (χ4n) is 2.15. The zero-order chi connectivity index (χ0) is 9.35. The predicted molar refractivity (Wildman–Crippen MR) is 54.3 cm³/mol. The van der Waals surface area contributed by atoms with Crippen molar-refractivity contribution >= 4 is 0 Å². The van der Waals surface area contributed by atoms with Crippen LogP contribution in [0.15, 0.2) is 0 Å². The minimum absolute atomic E-state index is 0.407. The molecule has 1 heterocycles. The molecule has 0 aromatic rings. The summed E-state index contributed by atoms with van der Waals surface area (Å²) in [5.74, 6) is 0.885. The van der Waals surface area contributed by atoms with Crippen LogP contribution in [0.25, 0.3) is 0 Å². The fraction of sp³-hybridized carbons (Fsp3) is 1.00. The van der Waals surface area contributed by atoms with E-state index >= 15 is 0 Å². The molecule has 2 unspecified atom stereocenters. The largest absolute Gasteiger partial charge is 0.295 e. The molecule has 0 bridgehead atoms. The molecular formula is C11H23N. The second kappa shape index (κ2) is 3.37. The lowest BCUT2D eigenvalue weighted by Gasteiger charge is -2.38. The zero-order valence-electron chi connectivity index (χ0n) is 9.22. The van der Waals surface area contributed by atoms with E-state index in [0.717, 1.165) is 12.0 Å². The van der Waals surface area contributed by atoms with Crippen LogP contribution >= 0.6 is 0 Å². The molecule has 0 aliphatic carbocycles. The minimum atomic E-state index is 0.407. The Morgan fingerprint density at radius 3 is 2.25 bits per heavy atom. The summed E-state index contributed by atoms with van der Waals surface area (Å²) < 4.78 is 0. The number of hydrogen-bond acceptors (Lipinski definition) is 1. The average Bonchev–Trinajstić information content (AvgIpc) is 2.33. The Balaban J connectivity index is 2.64. The van der Waals surface area contributed by atoms with Crippen LogP contribution in [0, 0.1) is 5.92 Å². The van der Waals surface area contributed by atoms with Crippen molar-refractivity contribution in [2.45, 2.75) is 59.0 Å². The Labute approximate surface area is 77.1 Å². The molecule has 0 N–H and O–H groups in total. The highest BCUT2D eigenvalue weighted by Gasteiger charge is 2.35. The van der Waals surface area contributed by atoms with Crippen LogP contribution in [0.5, 0.6) is 0 Å². The van der Waals surface area contributed by atoms with Gasteiger partial charge < -0.3 is 0 Å². The Kier molecular flexibility index (Phi) is 2.82. The van der Waals surface area contributed by atoms with Crippen LogP contribution in [0.4, 0.5) is 0 Å². The molecule has 0 aromatic carbocycles. The number of hydrogen-bond donors (Lipinski definition) is 0. The van der Waals surface area contributed by atoms with Gasteiger partial charge in [-0.05, 0) is 46.1 Å². The monoisotopic (exact) mass is 169 g/mol. The van der Waals surface area contributed by atoms with E-state index in [9.17, 15) is 0 Å². The predicted octanol–water partition coefficient (Wildman–Crippen LogP) is 2.91. The van der Waals surface area contributed by atoms with E-state index in [4.69, 9.17) is 0 Å². The molecule has 2 atom stereocenters. The van der Waals surface area contributed by atoms with Gasteiger partial charge >= 0.3 is 0 Å². The second-order valence-electron chi connectivity index (χ2n) is 4.87. The topological polar surface area (TPSA) is 3.24 Å². The molecule has 1 rings (SSSR count). The van der Waals surface area contributed by atoms with Crippen molar-refractivity contribution in [2.75, 3.05) is 6.54 Å². The van der Waals surface area contributed by atoms with Crippen LogP contribution in [0.3, 0.4) is 0 Å². The molecule has 72 valence electrons. The lowest BCUT2D eigenvalue weighted by Crippen LogP contribution is -2.46. The summed E-state index contributed by atoms with van der Waals surface area (Å²) in [5, 5.41) is 0. The summed E-state index contributed by atoms with van der Waals surface area (Å²) in [7, 11) is 0. The molecule has 0 amide bonds. The van der Waals surface area contributed by atoms with Gasteiger partial charge in [-0.1, -0.05) is 13.8 Å². The lowest BCUT2D eigenvalue weighted by molar-refractivity contribution is 0.0998. The molecule has 0 saturated carbocycles. The molecule has 1 aliphatic rings. The van der Waals surface area contributed by atoms with Gasteiger partial charge in [0.15, 0.2) is 0 Å². The highest BCUT2D eigenvalue weighted by molar-refractivity contribution is 4.90. The Morgan fingerprint density at radius 1 is 1.33 bits per heavy atom. The number of nitrogens with zero attached hydrogens (tertiary/aromatic N) is 1. The smallest absolute Gasteiger partial charge is 0.0153 e. The van der Waals surface area contributed by atoms with E-state index in [1.165, 1.54) is 19.4 Å². The van der Waals surface area contributed by atoms with Crippen LogP contribution in [0.1, 0.15) is 47.5 Å². The van der Waals surface area contributed by atoms with Crippen LogP contribution < -0.4 is 0 Å². The van der Waals surface area contributed by atoms with Crippen molar-refractivity contribution in [2.24, 2.45) is 5.92 Å². The van der Waals surface area contributed by atoms with Gasteiger partial charge in [-0.25, -0.2) is 0 Å². The van der Waals surface area contributed by atoms with Crippen molar-refractivity contribution in [1.82, 2.24) is 4.90 Å². The van der Waals surface area contributed by atoms with Gasteiger partial charge in [-0.15, -0.1) is 0 Å². The Bertz CT molecular complexity index is 151. The van der Waals surface area contributed by atoms with Gasteiger partial charge in [0.05, 0.1) is 0 Å². The third kappa shape index (κ3) is 1.66. The molecule has 1 fully saturated rings. The fourth-order valence-corrected chi connectivity index (χ4v) is 2.15. The maximum atomic E-state index is 2.66. The Hall–Kier alpha value is -0.0400. The number of likely N-dealkylation sites (tertiary alicyclic amines) is 1. The quantitative estimate of drug-likeness (QED) is 0.614. The van der Waals surface area contributed by atoms with Crippen molar-refractivity contribution < 1.29 is 0 Å². The van der Waals surface area contributed by atoms with Gasteiger partial charge in [-0.2, -0.15) is 0 Å². The average molecular weight is 169 g/mol. The van der Waals surface area contributed by atoms with Crippen molar-refractivity contribution in [1.29, 1.82) is 0 Å². The maximum absolute atomic E-state index is 2.66. The van der Waals surface area contributed by atoms with Gasteiger partial charge in [0.2, 0.25) is 0 Å². The van der Waals surface area contributed by atoms with E-state index in [-0.39, 0.29) is 0 Å². The van der Waals surface area contributed by atoms with Gasteiger partial charge in [0.1, 0.15) is 0 Å². The van der Waals surface area contributed by atoms with Crippen molar-refractivity contribution in [3.8, 4) is 0 Å². The molecule has 0 radical (unpaired) electrons. The van der Waals surface area contributed by atoms with E-state index in [2.05, 4.69) is 39.5 Å². The van der Waals surface area contributed by atoms with Crippen molar-refractivity contribution in [3.05, 3.63) is 0 Å². The summed E-state index contributed by atoms with van der Waals surface area (Å²) >= 11 is 0. The first kappa shape index (κ1) is 10.0. The summed E-state index contributed by atoms with van der Waals surface area (Å²) in [6.45, 7) is 13.0. The van der Waals surface area contributed by atoms with Crippen LogP contribution in [-0.4, -0.2) is 23.0 Å². The SMILES string of the molecule is CCC(C)(C)N1CCC(C)C1C. The van der Waals surface area contributed by atoms with Gasteiger partial charge in [0, 0.05) is 11.6 Å². The standard InChI is InChI=1S/C11H23N/c1-6-11(4,5)12-8-7-9(2)10(12)3/h9-10H,6-8H2,1-5H3.